The Hall–Kier alpha value is -1.44. The largest absolute Gasteiger partial charge is 0.495 e. The highest BCUT2D eigenvalue weighted by atomic mass is 16.8. The highest BCUT2D eigenvalue weighted by Gasteiger charge is 2.30. The fraction of sp³-hybridized carbons (Fsp3) is 0.913. The summed E-state index contributed by atoms with van der Waals surface area (Å²) >= 11 is 0. The molecular formula is C46H90O7. The first kappa shape index (κ1) is 51.6. The van der Waals surface area contributed by atoms with Crippen molar-refractivity contribution in [3.05, 3.63) is 23.0 Å². The molecule has 7 nitrogen and oxygen atoms in total. The van der Waals surface area contributed by atoms with Crippen LogP contribution in [-0.4, -0.2) is 53.2 Å². The van der Waals surface area contributed by atoms with Crippen LogP contribution in [0.15, 0.2) is 23.0 Å². The second-order valence-corrected chi connectivity index (χ2v) is 14.6. The average Bonchev–Trinajstić information content (AvgIpc) is 3.17. The van der Waals surface area contributed by atoms with Gasteiger partial charge < -0.3 is 33.2 Å². The van der Waals surface area contributed by atoms with Gasteiger partial charge in [-0.15, -0.1) is 0 Å². The Labute approximate surface area is 330 Å². The average molecular weight is 755 g/mol. The van der Waals surface area contributed by atoms with Gasteiger partial charge in [-0.2, -0.15) is 0 Å². The Morgan fingerprint density at radius 2 is 0.566 bits per heavy atom. The number of methoxy groups -OCH3 is 2. The molecule has 0 aromatic heterocycles. The summed E-state index contributed by atoms with van der Waals surface area (Å²) in [4.78, 5) is 0. The first-order valence-electron chi connectivity index (χ1n) is 22.8. The van der Waals surface area contributed by atoms with E-state index < -0.39 is 12.6 Å². The summed E-state index contributed by atoms with van der Waals surface area (Å²) in [5.41, 5.74) is 0. The molecule has 0 radical (unpaired) electrons. The molecule has 0 aliphatic rings. The van der Waals surface area contributed by atoms with Gasteiger partial charge in [0.25, 0.3) is 0 Å². The first-order valence-corrected chi connectivity index (χ1v) is 22.8. The minimum Gasteiger partial charge on any atom is -0.495 e. The molecule has 0 amide bonds. The summed E-state index contributed by atoms with van der Waals surface area (Å²) < 4.78 is 43.0. The lowest BCUT2D eigenvalue weighted by molar-refractivity contribution is -0.226. The quantitative estimate of drug-likeness (QED) is 0.0349. The van der Waals surface area contributed by atoms with E-state index in [2.05, 4.69) is 13.8 Å². The SMILES string of the molecule is CCCCCCCCCCCCCCCC(OCC)=C(OCC)C(OC)OC(OC)C(OCC)=C(CCCCCCCCCCCCCCC)OCC. The van der Waals surface area contributed by atoms with E-state index in [1.165, 1.54) is 154 Å². The van der Waals surface area contributed by atoms with Crippen molar-refractivity contribution in [1.82, 2.24) is 0 Å². The summed E-state index contributed by atoms with van der Waals surface area (Å²) in [6, 6.07) is 0. The lowest BCUT2D eigenvalue weighted by atomic mass is 10.0. The third-order valence-electron chi connectivity index (χ3n) is 9.90. The molecule has 316 valence electrons. The summed E-state index contributed by atoms with van der Waals surface area (Å²) in [6.07, 6.45) is 34.2. The Morgan fingerprint density at radius 1 is 0.321 bits per heavy atom. The van der Waals surface area contributed by atoms with E-state index in [0.717, 1.165) is 37.2 Å². The summed E-state index contributed by atoms with van der Waals surface area (Å²) in [5, 5.41) is 0. The van der Waals surface area contributed by atoms with Gasteiger partial charge in [-0.1, -0.05) is 168 Å². The minimum absolute atomic E-state index is 0.475. The van der Waals surface area contributed by atoms with Gasteiger partial charge in [-0.25, -0.2) is 0 Å². The third-order valence-corrected chi connectivity index (χ3v) is 9.90. The van der Waals surface area contributed by atoms with E-state index in [-0.39, 0.29) is 0 Å². The van der Waals surface area contributed by atoms with Gasteiger partial charge in [0.05, 0.1) is 26.4 Å². The van der Waals surface area contributed by atoms with Crippen LogP contribution in [0.2, 0.25) is 0 Å². The van der Waals surface area contributed by atoms with E-state index in [9.17, 15) is 0 Å². The Morgan fingerprint density at radius 3 is 0.792 bits per heavy atom. The zero-order chi connectivity index (χ0) is 39.0. The molecule has 53 heavy (non-hydrogen) atoms. The second-order valence-electron chi connectivity index (χ2n) is 14.6. The standard InChI is InChI=1S/C46H90O7/c1-9-15-17-19-21-23-25-27-29-31-33-35-37-39-41(49-11-3)43(51-13-5)45(47-7)53-46(48-8)44(52-14-6)42(50-12-4)40-38-36-34-32-30-28-26-24-22-20-18-16-10-2/h45-46H,9-40H2,1-8H3. The van der Waals surface area contributed by atoms with Crippen LogP contribution in [0.4, 0.5) is 0 Å². The molecule has 0 saturated heterocycles. The third kappa shape index (κ3) is 28.6. The number of unbranched alkanes of at least 4 members (excludes halogenated alkanes) is 24. The van der Waals surface area contributed by atoms with Crippen molar-refractivity contribution < 1.29 is 33.2 Å². The predicted molar refractivity (Wildman–Crippen MR) is 224 cm³/mol. The van der Waals surface area contributed by atoms with E-state index >= 15 is 0 Å². The molecule has 0 N–H and O–H groups in total. The Bertz CT molecular complexity index is 761. The Balaban J connectivity index is 5.20. The maximum Gasteiger partial charge on any atom is 0.222 e. The van der Waals surface area contributed by atoms with Gasteiger partial charge in [0.15, 0.2) is 11.5 Å². The molecular weight excluding hydrogens is 664 g/mol. The maximum absolute atomic E-state index is 6.50. The van der Waals surface area contributed by atoms with Crippen molar-refractivity contribution in [2.75, 3.05) is 40.6 Å². The van der Waals surface area contributed by atoms with Crippen molar-refractivity contribution in [3.63, 3.8) is 0 Å². The summed E-state index contributed by atoms with van der Waals surface area (Å²) in [7, 11) is 3.26. The zero-order valence-electron chi connectivity index (χ0n) is 36.6. The molecule has 0 bridgehead atoms. The first-order chi connectivity index (χ1) is 26.1. The van der Waals surface area contributed by atoms with Crippen molar-refractivity contribution in [2.45, 2.75) is 234 Å². The number of allylic oxidation sites excluding steroid dienone is 2. The van der Waals surface area contributed by atoms with E-state index in [4.69, 9.17) is 33.2 Å². The lowest BCUT2D eigenvalue weighted by Crippen LogP contribution is -2.32. The Kier molecular flexibility index (Phi) is 39.1. The number of hydrogen-bond acceptors (Lipinski definition) is 7. The molecule has 2 unspecified atom stereocenters. The molecule has 0 spiro atoms. The van der Waals surface area contributed by atoms with Gasteiger partial charge in [0.1, 0.15) is 11.5 Å². The van der Waals surface area contributed by atoms with Crippen LogP contribution in [0.3, 0.4) is 0 Å². The normalized spacial score (nSPS) is 13.7. The van der Waals surface area contributed by atoms with Crippen LogP contribution in [0.25, 0.3) is 0 Å². The molecule has 0 aromatic rings. The van der Waals surface area contributed by atoms with Crippen molar-refractivity contribution in [1.29, 1.82) is 0 Å². The van der Waals surface area contributed by atoms with Crippen molar-refractivity contribution >= 4 is 0 Å². The van der Waals surface area contributed by atoms with E-state index in [1.54, 1.807) is 14.2 Å². The number of ether oxygens (including phenoxy) is 7. The fourth-order valence-corrected chi connectivity index (χ4v) is 6.92. The number of rotatable bonds is 42. The molecule has 0 aromatic carbocycles. The van der Waals surface area contributed by atoms with Gasteiger partial charge >= 0.3 is 0 Å². The zero-order valence-corrected chi connectivity index (χ0v) is 36.6. The highest BCUT2D eigenvalue weighted by molar-refractivity contribution is 5.09. The van der Waals surface area contributed by atoms with Crippen molar-refractivity contribution in [3.8, 4) is 0 Å². The highest BCUT2D eigenvalue weighted by Crippen LogP contribution is 2.28. The van der Waals surface area contributed by atoms with Crippen molar-refractivity contribution in [2.24, 2.45) is 0 Å². The van der Waals surface area contributed by atoms with E-state index in [1.807, 2.05) is 27.7 Å². The van der Waals surface area contributed by atoms with Crippen LogP contribution in [0, 0.1) is 0 Å². The molecule has 7 heteroatoms. The lowest BCUT2D eigenvalue weighted by Gasteiger charge is -2.28. The van der Waals surface area contributed by atoms with Gasteiger partial charge in [0.2, 0.25) is 12.6 Å². The summed E-state index contributed by atoms with van der Waals surface area (Å²) in [5.74, 6) is 2.72. The smallest absolute Gasteiger partial charge is 0.222 e. The molecule has 0 aliphatic carbocycles. The monoisotopic (exact) mass is 755 g/mol. The molecule has 0 rings (SSSR count). The van der Waals surface area contributed by atoms with Crippen LogP contribution in [0.5, 0.6) is 0 Å². The van der Waals surface area contributed by atoms with Crippen LogP contribution in [-0.2, 0) is 33.2 Å². The maximum atomic E-state index is 6.50. The van der Waals surface area contributed by atoms with Gasteiger partial charge in [0, 0.05) is 27.1 Å². The molecule has 0 aliphatic heterocycles. The molecule has 0 saturated carbocycles. The topological polar surface area (TPSA) is 64.6 Å². The second kappa shape index (κ2) is 40.2. The van der Waals surface area contributed by atoms with Gasteiger partial charge in [-0.3, -0.25) is 0 Å². The van der Waals surface area contributed by atoms with E-state index in [0.29, 0.717) is 37.9 Å². The fourth-order valence-electron chi connectivity index (χ4n) is 6.92. The molecule has 0 heterocycles. The molecule has 0 fully saturated rings. The van der Waals surface area contributed by atoms with Crippen LogP contribution >= 0.6 is 0 Å². The minimum atomic E-state index is -0.821. The summed E-state index contributed by atoms with van der Waals surface area (Å²) in [6.45, 7) is 14.6. The van der Waals surface area contributed by atoms with Crippen LogP contribution < -0.4 is 0 Å². The molecule has 2 atom stereocenters. The predicted octanol–water partition coefficient (Wildman–Crippen LogP) is 14.5. The van der Waals surface area contributed by atoms with Gasteiger partial charge in [-0.05, 0) is 40.5 Å². The van der Waals surface area contributed by atoms with Crippen LogP contribution in [0.1, 0.15) is 221 Å². The number of hydrogen-bond donors (Lipinski definition) is 0.